The third-order valence-electron chi connectivity index (χ3n) is 6.80. The van der Waals surface area contributed by atoms with Crippen LogP contribution in [0.2, 0.25) is 0 Å². The van der Waals surface area contributed by atoms with Gasteiger partial charge in [0.05, 0.1) is 29.7 Å². The van der Waals surface area contributed by atoms with E-state index in [1.807, 2.05) is 24.3 Å². The standard InChI is InChI=1S/C30H28FN3O5/c1-18(35)33-16-22-17-34(30(37)38-22)21-13-14-23(26(31)15-21)20-11-9-19(10-12-20)5-4-7-25-28(36)24-6-2-3-8-27(24)39-29(25)32/h2-3,6,8-15,22H,4-5,7,16-17,32H2,1H3,(H,33,35)/t22-/m0/s1. The van der Waals surface area contributed by atoms with Gasteiger partial charge in [0, 0.05) is 12.5 Å². The molecule has 0 aliphatic carbocycles. The molecule has 0 saturated carbocycles. The lowest BCUT2D eigenvalue weighted by atomic mass is 9.99. The Labute approximate surface area is 224 Å². The second-order valence-corrected chi connectivity index (χ2v) is 9.54. The first-order valence-corrected chi connectivity index (χ1v) is 12.7. The van der Waals surface area contributed by atoms with Gasteiger partial charge in [-0.05, 0) is 60.7 Å². The summed E-state index contributed by atoms with van der Waals surface area (Å²) in [6.07, 6.45) is 0.824. The van der Waals surface area contributed by atoms with E-state index < -0.39 is 18.0 Å². The number of anilines is 2. The Balaban J connectivity index is 1.22. The Morgan fingerprint density at radius 3 is 2.59 bits per heavy atom. The maximum Gasteiger partial charge on any atom is 0.414 e. The molecule has 1 saturated heterocycles. The van der Waals surface area contributed by atoms with Gasteiger partial charge in [0.2, 0.25) is 5.91 Å². The predicted molar refractivity (Wildman–Crippen MR) is 147 cm³/mol. The van der Waals surface area contributed by atoms with Crippen LogP contribution in [0, 0.1) is 5.82 Å². The molecule has 2 amide bonds. The van der Waals surface area contributed by atoms with Crippen LogP contribution in [-0.4, -0.2) is 31.2 Å². The molecule has 1 atom stereocenters. The van der Waals surface area contributed by atoms with Gasteiger partial charge in [0.15, 0.2) is 11.3 Å². The van der Waals surface area contributed by atoms with Crippen LogP contribution in [0.5, 0.6) is 0 Å². The Morgan fingerprint density at radius 1 is 1.08 bits per heavy atom. The number of benzene rings is 3. The summed E-state index contributed by atoms with van der Waals surface area (Å²) in [6.45, 7) is 1.81. The number of nitrogens with one attached hydrogen (secondary N) is 1. The Kier molecular flexibility index (Phi) is 7.31. The SMILES string of the molecule is CC(=O)NC[C@H]1CN(c2ccc(-c3ccc(CCCc4c(N)oc5ccccc5c4=O)cc3)c(F)c2)C(=O)O1. The van der Waals surface area contributed by atoms with Crippen molar-refractivity contribution >= 4 is 34.5 Å². The molecule has 3 N–H and O–H groups in total. The van der Waals surface area contributed by atoms with Gasteiger partial charge in [-0.1, -0.05) is 36.4 Å². The maximum absolute atomic E-state index is 15.1. The summed E-state index contributed by atoms with van der Waals surface area (Å²) in [4.78, 5) is 37.5. The fourth-order valence-electron chi connectivity index (χ4n) is 4.76. The minimum atomic E-state index is -0.579. The largest absolute Gasteiger partial charge is 0.442 e. The molecule has 39 heavy (non-hydrogen) atoms. The van der Waals surface area contributed by atoms with Gasteiger partial charge < -0.3 is 20.2 Å². The number of carbonyl (C=O) groups is 2. The highest BCUT2D eigenvalue weighted by atomic mass is 19.1. The van der Waals surface area contributed by atoms with Crippen molar-refractivity contribution in [2.45, 2.75) is 32.3 Å². The van der Waals surface area contributed by atoms with Crippen LogP contribution in [0.3, 0.4) is 0 Å². The molecule has 1 aromatic heterocycles. The van der Waals surface area contributed by atoms with Crippen LogP contribution >= 0.6 is 0 Å². The number of hydrogen-bond acceptors (Lipinski definition) is 6. The smallest absolute Gasteiger partial charge is 0.414 e. The molecule has 8 nitrogen and oxygen atoms in total. The first kappa shape index (κ1) is 26.0. The number of fused-ring (bicyclic) bond motifs is 1. The molecule has 0 bridgehead atoms. The minimum absolute atomic E-state index is 0.103. The zero-order chi connectivity index (χ0) is 27.5. The number of nitrogens with two attached hydrogens (primary N) is 1. The van der Waals surface area contributed by atoms with Crippen LogP contribution in [0.1, 0.15) is 24.5 Å². The van der Waals surface area contributed by atoms with Crippen LogP contribution < -0.4 is 21.4 Å². The first-order valence-electron chi connectivity index (χ1n) is 12.7. The predicted octanol–water partition coefficient (Wildman–Crippen LogP) is 4.82. The lowest BCUT2D eigenvalue weighted by Crippen LogP contribution is -2.33. The van der Waals surface area contributed by atoms with Crippen LogP contribution in [0.25, 0.3) is 22.1 Å². The number of halogens is 1. The van der Waals surface area contributed by atoms with E-state index in [1.54, 1.807) is 36.4 Å². The monoisotopic (exact) mass is 529 g/mol. The third kappa shape index (κ3) is 5.62. The second kappa shape index (κ2) is 11.0. The van der Waals surface area contributed by atoms with Gasteiger partial charge in [0.1, 0.15) is 17.5 Å². The molecule has 0 radical (unpaired) electrons. The average molecular weight is 530 g/mol. The fourth-order valence-corrected chi connectivity index (χ4v) is 4.76. The molecule has 0 spiro atoms. The normalized spacial score (nSPS) is 15.0. The number of amides is 2. The number of cyclic esters (lactones) is 1. The molecular formula is C30H28FN3O5. The van der Waals surface area contributed by atoms with E-state index in [0.29, 0.717) is 52.6 Å². The number of aryl methyl sites for hydroxylation is 1. The third-order valence-corrected chi connectivity index (χ3v) is 6.80. The van der Waals surface area contributed by atoms with Gasteiger partial charge in [-0.3, -0.25) is 14.5 Å². The van der Waals surface area contributed by atoms with E-state index in [2.05, 4.69) is 5.32 Å². The quantitative estimate of drug-likeness (QED) is 0.338. The van der Waals surface area contributed by atoms with E-state index in [0.717, 1.165) is 5.56 Å². The van der Waals surface area contributed by atoms with Gasteiger partial charge in [-0.15, -0.1) is 0 Å². The lowest BCUT2D eigenvalue weighted by Gasteiger charge is -2.15. The molecule has 2 heterocycles. The van der Waals surface area contributed by atoms with Crippen LogP contribution in [0.4, 0.5) is 20.8 Å². The fraction of sp³-hybridized carbons (Fsp3) is 0.233. The number of para-hydroxylation sites is 1. The highest BCUT2D eigenvalue weighted by Gasteiger charge is 2.32. The van der Waals surface area contributed by atoms with Gasteiger partial charge in [0.25, 0.3) is 0 Å². The number of hydrogen-bond donors (Lipinski definition) is 2. The van der Waals surface area contributed by atoms with Gasteiger partial charge in [-0.2, -0.15) is 0 Å². The number of carbonyl (C=O) groups excluding carboxylic acids is 2. The minimum Gasteiger partial charge on any atom is -0.442 e. The highest BCUT2D eigenvalue weighted by molar-refractivity contribution is 5.90. The van der Waals surface area contributed by atoms with E-state index >= 15 is 4.39 Å². The van der Waals surface area contributed by atoms with Crippen molar-refractivity contribution in [2.24, 2.45) is 0 Å². The van der Waals surface area contributed by atoms with Crippen molar-refractivity contribution in [1.82, 2.24) is 5.32 Å². The zero-order valence-electron chi connectivity index (χ0n) is 21.4. The Hall–Kier alpha value is -4.66. The molecular weight excluding hydrogens is 501 g/mol. The molecule has 4 aromatic rings. The molecule has 1 aliphatic heterocycles. The van der Waals surface area contributed by atoms with E-state index in [9.17, 15) is 14.4 Å². The molecule has 0 unspecified atom stereocenters. The number of rotatable bonds is 8. The summed E-state index contributed by atoms with van der Waals surface area (Å²) in [5.74, 6) is -0.525. The van der Waals surface area contributed by atoms with Crippen LogP contribution in [0.15, 0.2) is 75.9 Å². The molecule has 3 aromatic carbocycles. The molecule has 1 fully saturated rings. The molecule has 200 valence electrons. The highest BCUT2D eigenvalue weighted by Crippen LogP contribution is 2.29. The van der Waals surface area contributed by atoms with Gasteiger partial charge >= 0.3 is 6.09 Å². The number of nitrogen functional groups attached to an aromatic ring is 1. The average Bonchev–Trinajstić information content (AvgIpc) is 3.30. The molecule has 1 aliphatic rings. The summed E-state index contributed by atoms with van der Waals surface area (Å²) in [6, 6.07) is 19.2. The zero-order valence-corrected chi connectivity index (χ0v) is 21.4. The van der Waals surface area contributed by atoms with Crippen molar-refractivity contribution in [1.29, 1.82) is 0 Å². The van der Waals surface area contributed by atoms with E-state index in [1.165, 1.54) is 17.9 Å². The lowest BCUT2D eigenvalue weighted by molar-refractivity contribution is -0.119. The topological polar surface area (TPSA) is 115 Å². The number of ether oxygens (including phenoxy) is 1. The molecule has 5 rings (SSSR count). The Morgan fingerprint density at radius 2 is 1.85 bits per heavy atom. The van der Waals surface area contributed by atoms with E-state index in [-0.39, 0.29) is 30.3 Å². The van der Waals surface area contributed by atoms with E-state index in [4.69, 9.17) is 14.9 Å². The summed E-state index contributed by atoms with van der Waals surface area (Å²) in [7, 11) is 0. The second-order valence-electron chi connectivity index (χ2n) is 9.54. The van der Waals surface area contributed by atoms with Crippen molar-refractivity contribution in [3.63, 3.8) is 0 Å². The first-order chi connectivity index (χ1) is 18.8. The summed E-state index contributed by atoms with van der Waals surface area (Å²) >= 11 is 0. The van der Waals surface area contributed by atoms with Gasteiger partial charge in [-0.25, -0.2) is 9.18 Å². The van der Waals surface area contributed by atoms with Crippen molar-refractivity contribution in [3.05, 3.63) is 93.9 Å². The van der Waals surface area contributed by atoms with Crippen molar-refractivity contribution < 1.29 is 23.1 Å². The van der Waals surface area contributed by atoms with Crippen molar-refractivity contribution in [2.75, 3.05) is 23.7 Å². The summed E-state index contributed by atoms with van der Waals surface area (Å²) in [5.41, 5.74) is 9.42. The molecule has 9 heteroatoms. The number of nitrogens with zero attached hydrogens (tertiary/aromatic N) is 1. The summed E-state index contributed by atoms with van der Waals surface area (Å²) in [5, 5.41) is 3.14. The summed E-state index contributed by atoms with van der Waals surface area (Å²) < 4.78 is 25.9. The van der Waals surface area contributed by atoms with Crippen molar-refractivity contribution in [3.8, 4) is 11.1 Å². The van der Waals surface area contributed by atoms with Crippen LogP contribution in [-0.2, 0) is 22.4 Å². The Bertz CT molecular complexity index is 1600. The maximum atomic E-state index is 15.1.